The fourth-order valence-electron chi connectivity index (χ4n) is 2.71. The maximum absolute atomic E-state index is 11.1. The number of nitrogens with zero attached hydrogens (tertiary/aromatic N) is 2. The van der Waals surface area contributed by atoms with Crippen molar-refractivity contribution in [3.8, 4) is 0 Å². The van der Waals surface area contributed by atoms with E-state index in [1.165, 1.54) is 0 Å². The van der Waals surface area contributed by atoms with E-state index in [9.17, 15) is 4.79 Å². The van der Waals surface area contributed by atoms with Crippen molar-refractivity contribution in [2.45, 2.75) is 38.3 Å². The van der Waals surface area contributed by atoms with Crippen molar-refractivity contribution in [1.29, 1.82) is 0 Å². The summed E-state index contributed by atoms with van der Waals surface area (Å²) in [6, 6.07) is 0. The Balaban J connectivity index is 1.88. The van der Waals surface area contributed by atoms with Crippen molar-refractivity contribution >= 4 is 5.97 Å². The van der Waals surface area contributed by atoms with E-state index in [-0.39, 0.29) is 12.0 Å². The Morgan fingerprint density at radius 2 is 2.41 bits per heavy atom. The second kappa shape index (κ2) is 4.14. The molecule has 0 spiro atoms. The minimum absolute atomic E-state index is 0.0660. The van der Waals surface area contributed by atoms with Crippen LogP contribution in [0, 0.1) is 5.92 Å². The molecule has 2 aliphatic heterocycles. The lowest BCUT2D eigenvalue weighted by molar-refractivity contribution is -0.142. The number of aromatic nitrogens is 2. The van der Waals surface area contributed by atoms with Gasteiger partial charge in [0, 0.05) is 25.0 Å². The summed E-state index contributed by atoms with van der Waals surface area (Å²) >= 11 is 0. The van der Waals surface area contributed by atoms with E-state index >= 15 is 0 Å². The highest BCUT2D eigenvalue weighted by Crippen LogP contribution is 2.31. The molecule has 1 aromatic heterocycles. The minimum Gasteiger partial charge on any atom is -0.481 e. The lowest BCUT2D eigenvalue weighted by Gasteiger charge is -2.23. The monoisotopic (exact) mass is 236 g/mol. The molecule has 0 aliphatic carbocycles. The second-order valence-electron chi connectivity index (χ2n) is 4.79. The molecule has 0 aromatic carbocycles. The molecule has 2 aliphatic rings. The van der Waals surface area contributed by atoms with Crippen LogP contribution in [0.4, 0.5) is 0 Å². The van der Waals surface area contributed by atoms with Gasteiger partial charge in [-0.05, 0) is 25.7 Å². The zero-order valence-corrected chi connectivity index (χ0v) is 9.63. The molecule has 1 N–H and O–H groups in total. The molecule has 0 radical (unpaired) electrons. The van der Waals surface area contributed by atoms with Crippen LogP contribution >= 0.6 is 0 Å². The highest BCUT2D eigenvalue weighted by Gasteiger charge is 2.30. The topological polar surface area (TPSA) is 64.3 Å². The second-order valence-corrected chi connectivity index (χ2v) is 4.79. The summed E-state index contributed by atoms with van der Waals surface area (Å²) in [5.74, 6) is -0.0667. The third kappa shape index (κ3) is 1.84. The van der Waals surface area contributed by atoms with Gasteiger partial charge in [0.1, 0.15) is 11.9 Å². The van der Waals surface area contributed by atoms with Crippen molar-refractivity contribution in [2.75, 3.05) is 6.61 Å². The van der Waals surface area contributed by atoms with Crippen LogP contribution in [0.5, 0.6) is 0 Å². The van der Waals surface area contributed by atoms with Gasteiger partial charge in [0.2, 0.25) is 0 Å². The number of imidazole rings is 1. The zero-order valence-electron chi connectivity index (χ0n) is 9.63. The molecule has 5 heteroatoms. The first-order valence-electron chi connectivity index (χ1n) is 6.14. The number of hydrogen-bond acceptors (Lipinski definition) is 3. The fraction of sp³-hybridized carbons (Fsp3) is 0.667. The molecule has 5 nitrogen and oxygen atoms in total. The predicted molar refractivity (Wildman–Crippen MR) is 59.6 cm³/mol. The largest absolute Gasteiger partial charge is 0.481 e. The molecule has 0 bridgehead atoms. The third-order valence-corrected chi connectivity index (χ3v) is 3.69. The van der Waals surface area contributed by atoms with E-state index in [1.807, 2.05) is 6.20 Å². The molecule has 17 heavy (non-hydrogen) atoms. The number of ether oxygens (including phenoxy) is 1. The van der Waals surface area contributed by atoms with Crippen LogP contribution in [0.15, 0.2) is 6.20 Å². The van der Waals surface area contributed by atoms with Crippen LogP contribution in [0.25, 0.3) is 0 Å². The van der Waals surface area contributed by atoms with Crippen LogP contribution in [-0.2, 0) is 22.5 Å². The van der Waals surface area contributed by atoms with Gasteiger partial charge in [-0.3, -0.25) is 4.79 Å². The quantitative estimate of drug-likeness (QED) is 0.842. The van der Waals surface area contributed by atoms with E-state index in [1.54, 1.807) is 0 Å². The minimum atomic E-state index is -0.706. The maximum Gasteiger partial charge on any atom is 0.308 e. The zero-order chi connectivity index (χ0) is 11.8. The normalized spacial score (nSPS) is 28.0. The van der Waals surface area contributed by atoms with Crippen LogP contribution in [0.3, 0.4) is 0 Å². The van der Waals surface area contributed by atoms with E-state index < -0.39 is 5.97 Å². The molecular formula is C12H16N2O3. The molecule has 0 saturated carbocycles. The van der Waals surface area contributed by atoms with Crippen molar-refractivity contribution in [3.63, 3.8) is 0 Å². The van der Waals surface area contributed by atoms with E-state index in [2.05, 4.69) is 9.55 Å². The molecular weight excluding hydrogens is 220 g/mol. The number of aryl methyl sites for hydroxylation is 1. The van der Waals surface area contributed by atoms with Gasteiger partial charge in [0.25, 0.3) is 0 Å². The van der Waals surface area contributed by atoms with Gasteiger partial charge in [-0.1, -0.05) is 0 Å². The average Bonchev–Trinajstić information content (AvgIpc) is 2.96. The molecule has 1 aromatic rings. The number of carbonyl (C=O) groups is 1. The number of hydrogen-bond donors (Lipinski definition) is 1. The Labute approximate surface area is 99.4 Å². The standard InChI is InChI=1S/C12H16N2O3/c15-12(16)8-3-4-9-6-13-11(14(9)7-8)10-2-1-5-17-10/h6,8,10H,1-5,7H2,(H,15,16). The Kier molecular flexibility index (Phi) is 2.63. The predicted octanol–water partition coefficient (Wildman–Crippen LogP) is 1.38. The van der Waals surface area contributed by atoms with E-state index in [0.717, 1.165) is 37.4 Å². The van der Waals surface area contributed by atoms with Crippen molar-refractivity contribution in [1.82, 2.24) is 9.55 Å². The third-order valence-electron chi connectivity index (χ3n) is 3.69. The van der Waals surface area contributed by atoms with Gasteiger partial charge in [-0.15, -0.1) is 0 Å². The van der Waals surface area contributed by atoms with Crippen LogP contribution in [0.1, 0.15) is 36.9 Å². The van der Waals surface area contributed by atoms with Gasteiger partial charge in [-0.2, -0.15) is 0 Å². The molecule has 2 unspecified atom stereocenters. The molecule has 1 saturated heterocycles. The summed E-state index contributed by atoms with van der Waals surface area (Å²) < 4.78 is 7.68. The van der Waals surface area contributed by atoms with Gasteiger partial charge in [0.05, 0.1) is 5.92 Å². The number of aliphatic carboxylic acids is 1. The number of carboxylic acids is 1. The number of fused-ring (bicyclic) bond motifs is 1. The van der Waals surface area contributed by atoms with Crippen molar-refractivity contribution < 1.29 is 14.6 Å². The first-order valence-corrected chi connectivity index (χ1v) is 6.14. The Morgan fingerprint density at radius 3 is 3.12 bits per heavy atom. The van der Waals surface area contributed by atoms with Crippen molar-refractivity contribution in [2.24, 2.45) is 5.92 Å². The van der Waals surface area contributed by atoms with E-state index in [4.69, 9.17) is 9.84 Å². The van der Waals surface area contributed by atoms with Gasteiger partial charge >= 0.3 is 5.97 Å². The SMILES string of the molecule is O=C(O)C1CCc2cnc(C3CCCO3)n2C1. The lowest BCUT2D eigenvalue weighted by Crippen LogP contribution is -2.27. The maximum atomic E-state index is 11.1. The highest BCUT2D eigenvalue weighted by molar-refractivity contribution is 5.70. The summed E-state index contributed by atoms with van der Waals surface area (Å²) in [6.07, 6.45) is 5.51. The fourth-order valence-corrected chi connectivity index (χ4v) is 2.71. The van der Waals surface area contributed by atoms with Gasteiger partial charge in [-0.25, -0.2) is 4.98 Å². The first-order chi connectivity index (χ1) is 8.25. The number of rotatable bonds is 2. The summed E-state index contributed by atoms with van der Waals surface area (Å²) in [5.41, 5.74) is 1.15. The summed E-state index contributed by atoms with van der Waals surface area (Å²) in [5, 5.41) is 9.09. The molecule has 92 valence electrons. The van der Waals surface area contributed by atoms with E-state index in [0.29, 0.717) is 13.0 Å². The average molecular weight is 236 g/mol. The molecule has 3 rings (SSSR count). The molecule has 1 fully saturated rings. The molecule has 3 heterocycles. The Morgan fingerprint density at radius 1 is 1.53 bits per heavy atom. The Bertz CT molecular complexity index is 435. The smallest absolute Gasteiger partial charge is 0.308 e. The molecule has 2 atom stereocenters. The summed E-state index contributed by atoms with van der Waals surface area (Å²) in [6.45, 7) is 1.33. The molecule has 0 amide bonds. The summed E-state index contributed by atoms with van der Waals surface area (Å²) in [7, 11) is 0. The van der Waals surface area contributed by atoms with Crippen LogP contribution < -0.4 is 0 Å². The van der Waals surface area contributed by atoms with Gasteiger partial charge in [0.15, 0.2) is 0 Å². The van der Waals surface area contributed by atoms with Crippen LogP contribution in [0.2, 0.25) is 0 Å². The lowest BCUT2D eigenvalue weighted by atomic mass is 9.98. The first kappa shape index (κ1) is 10.8. The summed E-state index contributed by atoms with van der Waals surface area (Å²) in [4.78, 5) is 15.5. The Hall–Kier alpha value is -1.36. The highest BCUT2D eigenvalue weighted by atomic mass is 16.5. The van der Waals surface area contributed by atoms with Crippen LogP contribution in [-0.4, -0.2) is 27.2 Å². The van der Waals surface area contributed by atoms with Crippen molar-refractivity contribution in [3.05, 3.63) is 17.7 Å². The number of carboxylic acid groups (broad SMARTS) is 1. The van der Waals surface area contributed by atoms with Gasteiger partial charge < -0.3 is 14.4 Å².